The van der Waals surface area contributed by atoms with E-state index < -0.39 is 18.1 Å². The Morgan fingerprint density at radius 3 is 1.60 bits per heavy atom. The van der Waals surface area contributed by atoms with Crippen LogP contribution in [-0.4, -0.2) is 18.1 Å². The molecular weight excluding hydrogens is 143 g/mol. The van der Waals surface area contributed by atoms with E-state index in [0.29, 0.717) is 0 Å². The van der Waals surface area contributed by atoms with Gasteiger partial charge in [-0.05, 0) is 0 Å². The summed E-state index contributed by atoms with van der Waals surface area (Å²) < 4.78 is 4.64. The molecule has 0 spiro atoms. The van der Waals surface area contributed by atoms with E-state index in [1.165, 1.54) is 0 Å². The smallest absolute Gasteiger partial charge is 0.248 e. The van der Waals surface area contributed by atoms with Gasteiger partial charge < -0.3 is 4.12 Å². The first-order valence-electron chi connectivity index (χ1n) is 1.11. The van der Waals surface area contributed by atoms with Crippen LogP contribution in [0.25, 0.3) is 0 Å². The maximum Gasteiger partial charge on any atom is 0.248 e. The summed E-state index contributed by atoms with van der Waals surface area (Å²) in [4.78, 5) is 0. The Balaban J connectivity index is 2.19. The minimum absolute atomic E-state index is 0.684. The standard InChI is InChI=1S/Cl2H4OSi2/c1-4-3-5-2/h4-5H2. The summed E-state index contributed by atoms with van der Waals surface area (Å²) in [6.07, 6.45) is 0. The van der Waals surface area contributed by atoms with E-state index in [1.807, 2.05) is 0 Å². The average Bonchev–Trinajstić information content (AvgIpc) is 1.41. The molecule has 0 aromatic rings. The second kappa shape index (κ2) is 4.97. The molecular formula is H4Cl2OSi2. The monoisotopic (exact) mass is 146 g/mol. The molecule has 0 radical (unpaired) electrons. The van der Waals surface area contributed by atoms with Crippen LogP contribution in [0.5, 0.6) is 0 Å². The molecule has 0 saturated heterocycles. The third-order valence-electron chi connectivity index (χ3n) is 0.154. The summed E-state index contributed by atoms with van der Waals surface area (Å²) in [6.45, 7) is 0. The fourth-order valence-corrected chi connectivity index (χ4v) is 2.36. The van der Waals surface area contributed by atoms with Crippen molar-refractivity contribution in [2.75, 3.05) is 0 Å². The van der Waals surface area contributed by atoms with Crippen LogP contribution in [0.15, 0.2) is 0 Å². The summed E-state index contributed by atoms with van der Waals surface area (Å²) in [5.41, 5.74) is 0. The van der Waals surface area contributed by atoms with Crippen molar-refractivity contribution in [1.29, 1.82) is 0 Å². The Morgan fingerprint density at radius 2 is 1.60 bits per heavy atom. The molecule has 0 aliphatic heterocycles. The SMILES string of the molecule is Cl[SiH2]O[SiH2]Cl. The highest BCUT2D eigenvalue weighted by Gasteiger charge is 1.72. The van der Waals surface area contributed by atoms with Crippen molar-refractivity contribution >= 4 is 40.3 Å². The van der Waals surface area contributed by atoms with Gasteiger partial charge in [-0.1, -0.05) is 0 Å². The van der Waals surface area contributed by atoms with Gasteiger partial charge in [-0.15, -0.1) is 22.2 Å². The minimum Gasteiger partial charge on any atom is -0.442 e. The first kappa shape index (κ1) is 5.97. The summed E-state index contributed by atoms with van der Waals surface area (Å²) >= 11 is 10.3. The van der Waals surface area contributed by atoms with Crippen molar-refractivity contribution in [2.45, 2.75) is 0 Å². The van der Waals surface area contributed by atoms with Crippen LogP contribution in [0, 0.1) is 0 Å². The molecule has 0 amide bonds. The number of hydrogen-bond donors (Lipinski definition) is 0. The third kappa shape index (κ3) is 4.97. The van der Waals surface area contributed by atoms with E-state index in [9.17, 15) is 0 Å². The molecule has 0 saturated carbocycles. The topological polar surface area (TPSA) is 9.23 Å². The second-order valence-corrected chi connectivity index (χ2v) is 3.80. The van der Waals surface area contributed by atoms with Crippen LogP contribution in [0.4, 0.5) is 0 Å². The molecule has 0 bridgehead atoms. The van der Waals surface area contributed by atoms with Crippen molar-refractivity contribution in [2.24, 2.45) is 0 Å². The van der Waals surface area contributed by atoms with Gasteiger partial charge in [0.25, 0.3) is 0 Å². The Bertz CT molecular complexity index is 15.1. The van der Waals surface area contributed by atoms with E-state index in [4.69, 9.17) is 22.2 Å². The lowest BCUT2D eigenvalue weighted by molar-refractivity contribution is 0.676. The predicted octanol–water partition coefficient (Wildman–Crippen LogP) is -0.522. The Kier molecular flexibility index (Phi) is 5.94. The fraction of sp³-hybridized carbons (Fsp3) is 0. The number of hydrogen-bond acceptors (Lipinski definition) is 1. The van der Waals surface area contributed by atoms with Crippen LogP contribution >= 0.6 is 22.2 Å². The maximum atomic E-state index is 5.17. The largest absolute Gasteiger partial charge is 0.442 e. The van der Waals surface area contributed by atoms with Crippen molar-refractivity contribution < 1.29 is 4.12 Å². The maximum absolute atomic E-state index is 5.17. The van der Waals surface area contributed by atoms with Crippen molar-refractivity contribution in [3.8, 4) is 0 Å². The molecule has 0 aromatic heterocycles. The Hall–Kier alpha value is 0.974. The van der Waals surface area contributed by atoms with Gasteiger partial charge in [-0.2, -0.15) is 0 Å². The fourth-order valence-electron chi connectivity index (χ4n) is 0.0292. The van der Waals surface area contributed by atoms with Gasteiger partial charge >= 0.3 is 0 Å². The van der Waals surface area contributed by atoms with Gasteiger partial charge in [0.05, 0.1) is 0 Å². The van der Waals surface area contributed by atoms with E-state index in [0.717, 1.165) is 0 Å². The van der Waals surface area contributed by atoms with Crippen LogP contribution in [0.1, 0.15) is 0 Å². The van der Waals surface area contributed by atoms with Gasteiger partial charge in [0.1, 0.15) is 0 Å². The molecule has 5 heteroatoms. The van der Waals surface area contributed by atoms with Crippen LogP contribution in [0.2, 0.25) is 0 Å². The first-order chi connectivity index (χ1) is 2.41. The highest BCUT2D eigenvalue weighted by molar-refractivity contribution is 6.98. The molecule has 0 atom stereocenters. The molecule has 0 fully saturated rings. The second-order valence-electron chi connectivity index (χ2n) is 0.422. The van der Waals surface area contributed by atoms with Crippen LogP contribution in [-0.2, 0) is 4.12 Å². The third-order valence-corrected chi connectivity index (χ3v) is 4.17. The van der Waals surface area contributed by atoms with E-state index in [2.05, 4.69) is 4.12 Å². The molecule has 32 valence electrons. The van der Waals surface area contributed by atoms with Gasteiger partial charge in [-0.25, -0.2) is 0 Å². The molecule has 0 N–H and O–H groups in total. The van der Waals surface area contributed by atoms with Crippen molar-refractivity contribution in [3.63, 3.8) is 0 Å². The lowest BCUT2D eigenvalue weighted by Gasteiger charge is -1.81. The molecule has 0 aliphatic rings. The predicted molar refractivity (Wildman–Crippen MR) is 29.9 cm³/mol. The molecule has 0 unspecified atom stereocenters. The Morgan fingerprint density at radius 1 is 1.20 bits per heavy atom. The Labute approximate surface area is 44.9 Å². The highest BCUT2D eigenvalue weighted by atomic mass is 35.6. The van der Waals surface area contributed by atoms with Gasteiger partial charge in [0, 0.05) is 0 Å². The number of rotatable bonds is 2. The van der Waals surface area contributed by atoms with Gasteiger partial charge in [0.2, 0.25) is 18.1 Å². The van der Waals surface area contributed by atoms with Crippen molar-refractivity contribution in [3.05, 3.63) is 0 Å². The summed E-state index contributed by atoms with van der Waals surface area (Å²) in [7, 11) is -1.37. The van der Waals surface area contributed by atoms with Crippen LogP contribution in [0.3, 0.4) is 0 Å². The van der Waals surface area contributed by atoms with Crippen LogP contribution < -0.4 is 0 Å². The van der Waals surface area contributed by atoms with E-state index >= 15 is 0 Å². The quantitative estimate of drug-likeness (QED) is 0.377. The summed E-state index contributed by atoms with van der Waals surface area (Å²) in [5, 5.41) is 0. The first-order valence-corrected chi connectivity index (χ1v) is 6.54. The van der Waals surface area contributed by atoms with E-state index in [1.54, 1.807) is 0 Å². The van der Waals surface area contributed by atoms with Crippen molar-refractivity contribution in [1.82, 2.24) is 0 Å². The molecule has 5 heavy (non-hydrogen) atoms. The minimum atomic E-state index is -0.684. The number of halogens is 2. The summed E-state index contributed by atoms with van der Waals surface area (Å²) in [5.74, 6) is 0. The zero-order chi connectivity index (χ0) is 4.12. The normalized spacial score (nSPS) is 13.2. The lowest BCUT2D eigenvalue weighted by Crippen LogP contribution is -1.88. The molecule has 0 aromatic carbocycles. The van der Waals surface area contributed by atoms with Gasteiger partial charge in [0.15, 0.2) is 0 Å². The average molecular weight is 147 g/mol. The zero-order valence-corrected chi connectivity index (χ0v) is 6.92. The molecule has 0 rings (SSSR count). The lowest BCUT2D eigenvalue weighted by atomic mass is 15.8. The molecule has 0 aliphatic carbocycles. The summed E-state index contributed by atoms with van der Waals surface area (Å²) in [6, 6.07) is 0. The molecule has 1 nitrogen and oxygen atoms in total. The molecule has 0 heterocycles. The highest BCUT2D eigenvalue weighted by Crippen LogP contribution is 1.72. The van der Waals surface area contributed by atoms with E-state index in [-0.39, 0.29) is 0 Å². The van der Waals surface area contributed by atoms with Gasteiger partial charge in [-0.3, -0.25) is 0 Å². The zero-order valence-electron chi connectivity index (χ0n) is 2.58.